The summed E-state index contributed by atoms with van der Waals surface area (Å²) in [5, 5.41) is 4.63. The molecule has 1 fully saturated rings. The number of carbonyl (C=O) groups excluding carboxylic acids is 1. The maximum atomic E-state index is 13.0. The van der Waals surface area contributed by atoms with Crippen molar-refractivity contribution in [3.63, 3.8) is 0 Å². The molecule has 0 atom stereocenters. The van der Waals surface area contributed by atoms with E-state index in [-0.39, 0.29) is 4.90 Å². The molecule has 0 saturated carbocycles. The minimum absolute atomic E-state index is 0.129. The molecule has 1 saturated heterocycles. The van der Waals surface area contributed by atoms with E-state index in [2.05, 4.69) is 5.10 Å². The molecule has 1 aromatic carbocycles. The van der Waals surface area contributed by atoms with Crippen molar-refractivity contribution in [3.05, 3.63) is 46.2 Å². The third-order valence-corrected chi connectivity index (χ3v) is 6.79. The summed E-state index contributed by atoms with van der Waals surface area (Å²) in [6.45, 7) is 4.24. The van der Waals surface area contributed by atoms with E-state index in [1.807, 2.05) is 0 Å². The summed E-state index contributed by atoms with van der Waals surface area (Å²) >= 11 is 5.94. The topological polar surface area (TPSA) is 72.3 Å². The van der Waals surface area contributed by atoms with E-state index in [1.54, 1.807) is 38.1 Å². The Labute approximate surface area is 152 Å². The molecule has 3 rings (SSSR count). The number of rotatable bonds is 3. The molecule has 0 unspecified atom stereocenters. The minimum atomic E-state index is -3.65. The monoisotopic (exact) mass is 381 g/mol. The Bertz CT molecular complexity index is 915. The molecule has 0 N–H and O–H groups in total. The lowest BCUT2D eigenvalue weighted by Crippen LogP contribution is -2.36. The van der Waals surface area contributed by atoms with Gasteiger partial charge in [0.2, 0.25) is 10.0 Å². The lowest BCUT2D eigenvalue weighted by Gasteiger charge is -2.25. The molecule has 0 aliphatic carbocycles. The number of hydrogen-bond acceptors (Lipinski definition) is 4. The van der Waals surface area contributed by atoms with Gasteiger partial charge < -0.3 is 0 Å². The molecule has 0 amide bonds. The zero-order chi connectivity index (χ0) is 18.2. The first kappa shape index (κ1) is 18.1. The summed E-state index contributed by atoms with van der Waals surface area (Å²) in [6.07, 6.45) is 2.75. The van der Waals surface area contributed by atoms with Gasteiger partial charge in [0.15, 0.2) is 0 Å². The van der Waals surface area contributed by atoms with Gasteiger partial charge in [0.05, 0.1) is 11.4 Å². The highest BCUT2D eigenvalue weighted by Gasteiger charge is 2.32. The van der Waals surface area contributed by atoms with Crippen LogP contribution in [0.3, 0.4) is 0 Å². The van der Waals surface area contributed by atoms with Crippen molar-refractivity contribution in [2.24, 2.45) is 0 Å². The summed E-state index contributed by atoms with van der Waals surface area (Å²) in [7, 11) is -3.65. The van der Waals surface area contributed by atoms with E-state index in [1.165, 1.54) is 4.31 Å². The number of piperidine rings is 1. The number of nitrogens with zero attached hydrogens (tertiary/aromatic N) is 3. The third-order valence-electron chi connectivity index (χ3n) is 4.40. The van der Waals surface area contributed by atoms with Crippen molar-refractivity contribution in [1.29, 1.82) is 0 Å². The molecule has 6 nitrogen and oxygen atoms in total. The van der Waals surface area contributed by atoms with E-state index < -0.39 is 15.9 Å². The van der Waals surface area contributed by atoms with Crippen LogP contribution >= 0.6 is 11.6 Å². The molecule has 134 valence electrons. The second kappa shape index (κ2) is 6.90. The summed E-state index contributed by atoms with van der Waals surface area (Å²) in [6, 6.07) is 6.51. The standard InChI is InChI=1S/C17H20ClN3O3S/c1-12-16(25(23,24)20-9-4-3-5-10-20)13(2)21(19-12)17(22)14-7-6-8-15(18)11-14/h6-8,11H,3-5,9-10H2,1-2H3. The van der Waals surface area contributed by atoms with Crippen LogP contribution < -0.4 is 0 Å². The number of aryl methyl sites for hydroxylation is 1. The van der Waals surface area contributed by atoms with Crippen molar-refractivity contribution in [2.45, 2.75) is 38.0 Å². The van der Waals surface area contributed by atoms with E-state index in [4.69, 9.17) is 11.6 Å². The number of sulfonamides is 1. The number of aromatic nitrogens is 2. The average Bonchev–Trinajstić information content (AvgIpc) is 2.90. The van der Waals surface area contributed by atoms with E-state index in [0.717, 1.165) is 23.9 Å². The first-order valence-corrected chi connectivity index (χ1v) is 10.0. The highest BCUT2D eigenvalue weighted by Crippen LogP contribution is 2.26. The van der Waals surface area contributed by atoms with Crippen LogP contribution in [-0.4, -0.2) is 41.5 Å². The van der Waals surface area contributed by atoms with Crippen molar-refractivity contribution >= 4 is 27.5 Å². The van der Waals surface area contributed by atoms with Crippen LogP contribution in [0, 0.1) is 13.8 Å². The number of benzene rings is 1. The van der Waals surface area contributed by atoms with Gasteiger partial charge in [-0.3, -0.25) is 4.79 Å². The molecule has 25 heavy (non-hydrogen) atoms. The van der Waals surface area contributed by atoms with Gasteiger partial charge in [0.1, 0.15) is 4.90 Å². The van der Waals surface area contributed by atoms with Gasteiger partial charge in [-0.15, -0.1) is 0 Å². The average molecular weight is 382 g/mol. The van der Waals surface area contributed by atoms with Crippen molar-refractivity contribution in [1.82, 2.24) is 14.1 Å². The molecule has 8 heteroatoms. The van der Waals surface area contributed by atoms with Gasteiger partial charge in [0.25, 0.3) is 5.91 Å². The molecule has 2 aromatic rings. The maximum Gasteiger partial charge on any atom is 0.278 e. The number of carbonyl (C=O) groups is 1. The highest BCUT2D eigenvalue weighted by atomic mass is 35.5. The fourth-order valence-corrected chi connectivity index (χ4v) is 5.24. The molecular formula is C17H20ClN3O3S. The molecule has 1 aliphatic rings. The quantitative estimate of drug-likeness (QED) is 0.819. The first-order valence-electron chi connectivity index (χ1n) is 8.19. The van der Waals surface area contributed by atoms with Crippen LogP contribution in [0.4, 0.5) is 0 Å². The molecule has 0 spiro atoms. The van der Waals surface area contributed by atoms with Crippen LogP contribution in [0.25, 0.3) is 0 Å². The largest absolute Gasteiger partial charge is 0.278 e. The van der Waals surface area contributed by atoms with Crippen LogP contribution in [0.2, 0.25) is 5.02 Å². The zero-order valence-corrected chi connectivity index (χ0v) is 15.8. The predicted octanol–water partition coefficient (Wildman–Crippen LogP) is 3.02. The summed E-state index contributed by atoms with van der Waals surface area (Å²) in [5.41, 5.74) is 1.02. The van der Waals surface area contributed by atoms with Crippen LogP contribution in [-0.2, 0) is 10.0 Å². The lowest BCUT2D eigenvalue weighted by atomic mass is 10.2. The Hall–Kier alpha value is -1.70. The Kier molecular flexibility index (Phi) is 4.99. The second-order valence-electron chi connectivity index (χ2n) is 6.19. The third kappa shape index (κ3) is 3.36. The molecule has 2 heterocycles. The number of hydrogen-bond donors (Lipinski definition) is 0. The lowest BCUT2D eigenvalue weighted by molar-refractivity contribution is 0.0942. The zero-order valence-electron chi connectivity index (χ0n) is 14.2. The SMILES string of the molecule is Cc1nn(C(=O)c2cccc(Cl)c2)c(C)c1S(=O)(=O)N1CCCCC1. The molecule has 0 radical (unpaired) electrons. The second-order valence-corrected chi connectivity index (χ2v) is 8.50. The Morgan fingerprint density at radius 1 is 1.16 bits per heavy atom. The Morgan fingerprint density at radius 3 is 2.48 bits per heavy atom. The summed E-state index contributed by atoms with van der Waals surface area (Å²) in [5.74, 6) is -0.400. The van der Waals surface area contributed by atoms with Crippen LogP contribution in [0.5, 0.6) is 0 Å². The van der Waals surface area contributed by atoms with E-state index in [9.17, 15) is 13.2 Å². The Balaban J connectivity index is 2.02. The molecule has 0 bridgehead atoms. The van der Waals surface area contributed by atoms with Crippen LogP contribution in [0.1, 0.15) is 41.0 Å². The van der Waals surface area contributed by atoms with E-state index in [0.29, 0.717) is 35.1 Å². The van der Waals surface area contributed by atoms with Gasteiger partial charge in [-0.1, -0.05) is 24.1 Å². The molecular weight excluding hydrogens is 362 g/mol. The predicted molar refractivity (Wildman–Crippen MR) is 95.5 cm³/mol. The van der Waals surface area contributed by atoms with E-state index >= 15 is 0 Å². The normalized spacial score (nSPS) is 16.1. The minimum Gasteiger partial charge on any atom is -0.267 e. The first-order chi connectivity index (χ1) is 11.8. The van der Waals surface area contributed by atoms with Crippen molar-refractivity contribution in [2.75, 3.05) is 13.1 Å². The fourth-order valence-electron chi connectivity index (χ4n) is 3.18. The van der Waals surface area contributed by atoms with Gasteiger partial charge >= 0.3 is 0 Å². The van der Waals surface area contributed by atoms with Gasteiger partial charge in [-0.05, 0) is 44.9 Å². The van der Waals surface area contributed by atoms with Crippen LogP contribution in [0.15, 0.2) is 29.2 Å². The van der Waals surface area contributed by atoms with Crippen molar-refractivity contribution < 1.29 is 13.2 Å². The highest BCUT2D eigenvalue weighted by molar-refractivity contribution is 7.89. The van der Waals surface area contributed by atoms with Gasteiger partial charge in [-0.25, -0.2) is 8.42 Å². The van der Waals surface area contributed by atoms with Crippen molar-refractivity contribution in [3.8, 4) is 0 Å². The van der Waals surface area contributed by atoms with Gasteiger partial charge in [0, 0.05) is 23.7 Å². The summed E-state index contributed by atoms with van der Waals surface area (Å²) < 4.78 is 28.6. The summed E-state index contributed by atoms with van der Waals surface area (Å²) in [4.78, 5) is 12.9. The molecule has 1 aliphatic heterocycles. The smallest absolute Gasteiger partial charge is 0.267 e. The molecule has 1 aromatic heterocycles. The maximum absolute atomic E-state index is 13.0. The Morgan fingerprint density at radius 2 is 1.84 bits per heavy atom. The fraction of sp³-hybridized carbons (Fsp3) is 0.412. The number of halogens is 1. The van der Waals surface area contributed by atoms with Gasteiger partial charge in [-0.2, -0.15) is 14.1 Å².